The number of carbonyl (C=O) groups excluding carboxylic acids is 3. The van der Waals surface area contributed by atoms with Crippen LogP contribution >= 0.6 is 0 Å². The number of nitrogens with zero attached hydrogens (tertiary/aromatic N) is 4. The minimum absolute atomic E-state index is 0.144. The molecule has 0 bridgehead atoms. The predicted molar refractivity (Wildman–Crippen MR) is 174 cm³/mol. The van der Waals surface area contributed by atoms with Crippen molar-refractivity contribution < 1.29 is 24.2 Å². The second-order valence-electron chi connectivity index (χ2n) is 12.6. The molecule has 238 valence electrons. The number of hydrogen-bond donors (Lipinski definition) is 1. The fourth-order valence-electron chi connectivity index (χ4n) is 8.01. The van der Waals surface area contributed by atoms with Crippen molar-refractivity contribution in [1.82, 2.24) is 9.80 Å². The second kappa shape index (κ2) is 12.1. The van der Waals surface area contributed by atoms with Crippen molar-refractivity contribution in [2.75, 3.05) is 49.1 Å². The Labute approximate surface area is 265 Å². The highest BCUT2D eigenvalue weighted by atomic mass is 16.5. The van der Waals surface area contributed by atoms with Crippen LogP contribution in [0.15, 0.2) is 78.9 Å². The van der Waals surface area contributed by atoms with E-state index in [-0.39, 0.29) is 30.9 Å². The molecule has 0 saturated carbocycles. The van der Waals surface area contributed by atoms with E-state index in [1.807, 2.05) is 92.7 Å². The van der Waals surface area contributed by atoms with Gasteiger partial charge in [-0.05, 0) is 57.0 Å². The number of rotatable bonds is 9. The van der Waals surface area contributed by atoms with Gasteiger partial charge >= 0.3 is 0 Å². The van der Waals surface area contributed by atoms with Crippen molar-refractivity contribution in [3.63, 3.8) is 0 Å². The molecular weight excluding hydrogens is 568 g/mol. The van der Waals surface area contributed by atoms with E-state index in [2.05, 4.69) is 18.7 Å². The second-order valence-corrected chi connectivity index (χ2v) is 12.6. The average molecular weight is 613 g/mol. The third-order valence-electron chi connectivity index (χ3n) is 10.1. The molecule has 1 unspecified atom stereocenters. The molecule has 9 heteroatoms. The Morgan fingerprint density at radius 1 is 0.889 bits per heavy atom. The van der Waals surface area contributed by atoms with Gasteiger partial charge in [0.25, 0.3) is 5.91 Å². The number of ether oxygens (including phenoxy) is 1. The number of benzene rings is 2. The van der Waals surface area contributed by atoms with E-state index in [1.54, 1.807) is 9.80 Å². The number of carbonyl (C=O) groups is 3. The molecule has 2 aromatic rings. The van der Waals surface area contributed by atoms with E-state index >= 15 is 0 Å². The molecule has 4 heterocycles. The molecule has 1 spiro atoms. The van der Waals surface area contributed by atoms with Gasteiger partial charge in [0, 0.05) is 44.1 Å². The van der Waals surface area contributed by atoms with Crippen LogP contribution in [0.25, 0.3) is 0 Å². The van der Waals surface area contributed by atoms with Crippen LogP contribution in [0.2, 0.25) is 0 Å². The first kappa shape index (κ1) is 31.0. The lowest BCUT2D eigenvalue weighted by Gasteiger charge is -2.40. The summed E-state index contributed by atoms with van der Waals surface area (Å²) >= 11 is 0. The number of hydrogen-bond acceptors (Lipinski definition) is 6. The topological polar surface area (TPSA) is 93.6 Å². The zero-order valence-electron chi connectivity index (χ0n) is 26.6. The molecule has 6 atom stereocenters. The summed E-state index contributed by atoms with van der Waals surface area (Å²) in [4.78, 5) is 51.3. The first-order valence-electron chi connectivity index (χ1n) is 16.2. The lowest BCUT2D eigenvalue weighted by atomic mass is 9.74. The zero-order valence-corrected chi connectivity index (χ0v) is 26.6. The van der Waals surface area contributed by atoms with Crippen molar-refractivity contribution in [3.05, 3.63) is 84.5 Å². The van der Waals surface area contributed by atoms with Gasteiger partial charge in [0.15, 0.2) is 0 Å². The van der Waals surface area contributed by atoms with E-state index < -0.39 is 35.1 Å². The third-order valence-corrected chi connectivity index (χ3v) is 10.1. The average Bonchev–Trinajstić information content (AvgIpc) is 3.32. The van der Waals surface area contributed by atoms with Crippen LogP contribution in [0.1, 0.15) is 45.7 Å². The molecule has 2 fully saturated rings. The highest BCUT2D eigenvalue weighted by molar-refractivity contribution is 6.06. The van der Waals surface area contributed by atoms with Gasteiger partial charge in [0.1, 0.15) is 11.6 Å². The lowest BCUT2D eigenvalue weighted by Crippen LogP contribution is -2.57. The largest absolute Gasteiger partial charge is 0.394 e. The maximum absolute atomic E-state index is 14.9. The van der Waals surface area contributed by atoms with Crippen LogP contribution in [0.3, 0.4) is 0 Å². The van der Waals surface area contributed by atoms with Crippen molar-refractivity contribution in [3.8, 4) is 0 Å². The van der Waals surface area contributed by atoms with E-state index in [9.17, 15) is 19.5 Å². The molecule has 4 aliphatic heterocycles. The molecule has 0 aromatic heterocycles. The first-order valence-corrected chi connectivity index (χ1v) is 16.2. The van der Waals surface area contributed by atoms with Gasteiger partial charge in [-0.15, -0.1) is 0 Å². The minimum atomic E-state index is -1.40. The lowest BCUT2D eigenvalue weighted by molar-refractivity contribution is -0.151. The Morgan fingerprint density at radius 2 is 1.58 bits per heavy atom. The van der Waals surface area contributed by atoms with Gasteiger partial charge < -0.3 is 29.4 Å². The summed E-state index contributed by atoms with van der Waals surface area (Å²) in [6, 6.07) is 15.3. The number of aliphatic hydroxyl groups excluding tert-OH is 1. The summed E-state index contributed by atoms with van der Waals surface area (Å²) in [5.74, 6) is -2.56. The van der Waals surface area contributed by atoms with Crippen molar-refractivity contribution in [1.29, 1.82) is 0 Å². The Bertz CT molecular complexity index is 1490. The molecule has 0 aliphatic carbocycles. The molecule has 4 aliphatic rings. The van der Waals surface area contributed by atoms with Gasteiger partial charge in [-0.25, -0.2) is 0 Å². The van der Waals surface area contributed by atoms with Gasteiger partial charge in [0.2, 0.25) is 11.8 Å². The smallest absolute Gasteiger partial charge is 0.253 e. The summed E-state index contributed by atoms with van der Waals surface area (Å²) in [5.41, 5.74) is -0.00806. The molecule has 0 radical (unpaired) electrons. The molecule has 9 nitrogen and oxygen atoms in total. The zero-order chi connectivity index (χ0) is 31.9. The number of fused-ring (bicyclic) bond motifs is 2. The first-order chi connectivity index (χ1) is 21.7. The summed E-state index contributed by atoms with van der Waals surface area (Å²) in [6.07, 6.45) is 8.37. The van der Waals surface area contributed by atoms with Crippen molar-refractivity contribution in [2.45, 2.75) is 57.4 Å². The molecule has 3 amide bonds. The quantitative estimate of drug-likeness (QED) is 0.432. The molecule has 2 saturated heterocycles. The van der Waals surface area contributed by atoms with Gasteiger partial charge in [-0.3, -0.25) is 14.4 Å². The standard InChI is InChI=1S/C36H44N4O5/c1-5-21-38-22-11-19-35(4)29(32(38)42)30-33(43)40(28(24-41)25-13-9-8-10-14-25)31-34(44)39(23-12-20-36(30,31)45-35)27-17-15-26(16-18-27)37(6-2)7-3/h8-20,28-31,41H,5-7,21-24H2,1-4H3/t28-,29+,30+,31?,35-,36+/m1/s1. The minimum Gasteiger partial charge on any atom is -0.394 e. The Balaban J connectivity index is 1.48. The maximum Gasteiger partial charge on any atom is 0.253 e. The summed E-state index contributed by atoms with van der Waals surface area (Å²) in [5, 5.41) is 10.8. The highest BCUT2D eigenvalue weighted by Crippen LogP contribution is 2.58. The summed E-state index contributed by atoms with van der Waals surface area (Å²) < 4.78 is 6.97. The molecule has 1 N–H and O–H groups in total. The summed E-state index contributed by atoms with van der Waals surface area (Å²) in [6.45, 7) is 10.7. The number of anilines is 2. The van der Waals surface area contributed by atoms with Crippen LogP contribution < -0.4 is 9.80 Å². The van der Waals surface area contributed by atoms with Crippen LogP contribution in [-0.2, 0) is 19.1 Å². The van der Waals surface area contributed by atoms with Crippen LogP contribution in [0.4, 0.5) is 11.4 Å². The molecule has 6 rings (SSSR count). The van der Waals surface area contributed by atoms with Crippen molar-refractivity contribution >= 4 is 29.1 Å². The van der Waals surface area contributed by atoms with E-state index in [0.717, 1.165) is 25.2 Å². The number of aliphatic hydroxyl groups is 1. The third kappa shape index (κ3) is 4.88. The Hall–Kier alpha value is -3.95. The number of amides is 3. The SMILES string of the molecule is CCCN1CC=C[C@@]2(C)O[C@]34C=CCN(c5ccc(N(CC)CC)cc5)C(=O)C3N([C@H](CO)c3ccccc3)C(=O)[C@@H]4[C@H]2C1=O. The normalized spacial score (nSPS) is 29.8. The van der Waals surface area contributed by atoms with Crippen molar-refractivity contribution in [2.24, 2.45) is 11.8 Å². The predicted octanol–water partition coefficient (Wildman–Crippen LogP) is 3.95. The Morgan fingerprint density at radius 3 is 2.22 bits per heavy atom. The van der Waals surface area contributed by atoms with E-state index in [0.29, 0.717) is 24.3 Å². The number of likely N-dealkylation sites (tertiary alicyclic amines) is 1. The van der Waals surface area contributed by atoms with E-state index in [4.69, 9.17) is 4.74 Å². The van der Waals surface area contributed by atoms with E-state index in [1.165, 1.54) is 4.90 Å². The fraction of sp³-hybridized carbons (Fsp3) is 0.472. The van der Waals surface area contributed by atoms with Crippen LogP contribution in [-0.4, -0.2) is 89.2 Å². The van der Waals surface area contributed by atoms with Gasteiger partial charge in [0.05, 0.1) is 30.1 Å². The fourth-order valence-corrected chi connectivity index (χ4v) is 8.01. The monoisotopic (exact) mass is 612 g/mol. The van der Waals surface area contributed by atoms with Gasteiger partial charge in [-0.2, -0.15) is 0 Å². The maximum atomic E-state index is 14.9. The Kier molecular flexibility index (Phi) is 8.35. The molecule has 2 aromatic carbocycles. The van der Waals surface area contributed by atoms with Crippen LogP contribution in [0, 0.1) is 11.8 Å². The van der Waals surface area contributed by atoms with Gasteiger partial charge in [-0.1, -0.05) is 61.6 Å². The van der Waals surface area contributed by atoms with Crippen LogP contribution in [0.5, 0.6) is 0 Å². The molecular formula is C36H44N4O5. The highest BCUT2D eigenvalue weighted by Gasteiger charge is 2.75. The summed E-state index contributed by atoms with van der Waals surface area (Å²) in [7, 11) is 0. The molecule has 45 heavy (non-hydrogen) atoms.